The topological polar surface area (TPSA) is 94.8 Å². The third-order valence-electron chi connectivity index (χ3n) is 5.01. The van der Waals surface area contributed by atoms with Crippen LogP contribution in [0.15, 0.2) is 11.6 Å². The SMILES string of the molecule is Cc1cnc(NCCCN2CCCC2=O)nc1C(C#N)c1nc(C(C)(C)C)cs1. The van der Waals surface area contributed by atoms with E-state index in [0.29, 0.717) is 24.6 Å². The van der Waals surface area contributed by atoms with E-state index in [1.165, 1.54) is 11.3 Å². The molecule has 1 amide bonds. The van der Waals surface area contributed by atoms with Gasteiger partial charge in [0.25, 0.3) is 0 Å². The van der Waals surface area contributed by atoms with Crippen molar-refractivity contribution < 1.29 is 4.79 Å². The number of aryl methyl sites for hydroxylation is 1. The number of carbonyl (C=O) groups excluding carboxylic acids is 1. The van der Waals surface area contributed by atoms with Gasteiger partial charge in [-0.3, -0.25) is 4.79 Å². The van der Waals surface area contributed by atoms with Crippen molar-refractivity contribution in [2.45, 2.75) is 58.3 Å². The van der Waals surface area contributed by atoms with Gasteiger partial charge in [-0.05, 0) is 25.3 Å². The Hall–Kier alpha value is -2.53. The second-order valence-corrected chi connectivity index (χ2v) is 9.30. The Morgan fingerprint density at radius 1 is 1.38 bits per heavy atom. The highest BCUT2D eigenvalue weighted by Crippen LogP contribution is 2.31. The maximum absolute atomic E-state index is 11.7. The minimum Gasteiger partial charge on any atom is -0.354 e. The fourth-order valence-electron chi connectivity index (χ4n) is 3.24. The molecular formula is C21H28N6OS. The van der Waals surface area contributed by atoms with Crippen molar-refractivity contribution in [3.05, 3.63) is 33.5 Å². The summed E-state index contributed by atoms with van der Waals surface area (Å²) in [7, 11) is 0. The number of carbonyl (C=O) groups is 1. The lowest BCUT2D eigenvalue weighted by Gasteiger charge is -2.16. The Kier molecular flexibility index (Phi) is 6.48. The van der Waals surface area contributed by atoms with Crippen LogP contribution in [0.4, 0.5) is 5.95 Å². The maximum atomic E-state index is 11.7. The van der Waals surface area contributed by atoms with Gasteiger partial charge in [-0.25, -0.2) is 15.0 Å². The van der Waals surface area contributed by atoms with Crippen molar-refractivity contribution in [2.75, 3.05) is 25.0 Å². The normalized spacial score (nSPS) is 15.4. The van der Waals surface area contributed by atoms with Gasteiger partial charge in [-0.15, -0.1) is 11.3 Å². The fraction of sp³-hybridized carbons (Fsp3) is 0.571. The van der Waals surface area contributed by atoms with E-state index >= 15 is 0 Å². The van der Waals surface area contributed by atoms with Gasteiger partial charge in [-0.1, -0.05) is 20.8 Å². The molecule has 154 valence electrons. The first-order valence-electron chi connectivity index (χ1n) is 10.0. The van der Waals surface area contributed by atoms with Crippen molar-refractivity contribution in [2.24, 2.45) is 0 Å². The van der Waals surface area contributed by atoms with Crippen LogP contribution in [0.3, 0.4) is 0 Å². The Morgan fingerprint density at radius 2 is 2.17 bits per heavy atom. The minimum absolute atomic E-state index is 0.0566. The van der Waals surface area contributed by atoms with E-state index in [9.17, 15) is 10.1 Å². The first kappa shape index (κ1) is 21.2. The van der Waals surface area contributed by atoms with Crippen LogP contribution >= 0.6 is 11.3 Å². The Morgan fingerprint density at radius 3 is 2.79 bits per heavy atom. The molecule has 1 unspecified atom stereocenters. The lowest BCUT2D eigenvalue weighted by atomic mass is 9.93. The molecule has 0 saturated carbocycles. The van der Waals surface area contributed by atoms with E-state index in [4.69, 9.17) is 4.98 Å². The molecular weight excluding hydrogens is 384 g/mol. The van der Waals surface area contributed by atoms with Crippen LogP contribution in [0.25, 0.3) is 0 Å². The standard InChI is InChI=1S/C21H28N6OS/c1-14-12-24-20(23-8-6-10-27-9-5-7-17(27)28)26-18(14)15(11-22)19-25-16(13-29-19)21(2,3)4/h12-13,15H,5-10H2,1-4H3,(H,23,24,26). The first-order valence-corrected chi connectivity index (χ1v) is 10.9. The fourth-order valence-corrected chi connectivity index (χ4v) is 4.33. The average Bonchev–Trinajstić information content (AvgIpc) is 3.31. The second-order valence-electron chi connectivity index (χ2n) is 8.41. The van der Waals surface area contributed by atoms with E-state index in [2.05, 4.69) is 42.1 Å². The quantitative estimate of drug-likeness (QED) is 0.698. The van der Waals surface area contributed by atoms with Gasteiger partial charge in [-0.2, -0.15) is 5.26 Å². The monoisotopic (exact) mass is 412 g/mol. The van der Waals surface area contributed by atoms with E-state index in [0.717, 1.165) is 42.2 Å². The van der Waals surface area contributed by atoms with E-state index < -0.39 is 5.92 Å². The molecule has 0 radical (unpaired) electrons. The van der Waals surface area contributed by atoms with Crippen LogP contribution in [0.2, 0.25) is 0 Å². The number of hydrogen-bond donors (Lipinski definition) is 1. The summed E-state index contributed by atoms with van der Waals surface area (Å²) >= 11 is 1.50. The summed E-state index contributed by atoms with van der Waals surface area (Å²) in [5.74, 6) is 0.238. The molecule has 3 heterocycles. The highest BCUT2D eigenvalue weighted by Gasteiger charge is 2.25. The summed E-state index contributed by atoms with van der Waals surface area (Å²) in [4.78, 5) is 27.2. The molecule has 2 aromatic heterocycles. The molecule has 0 spiro atoms. The van der Waals surface area contributed by atoms with Gasteiger partial charge in [0.15, 0.2) is 0 Å². The van der Waals surface area contributed by atoms with Crippen LogP contribution < -0.4 is 5.32 Å². The van der Waals surface area contributed by atoms with Crippen LogP contribution in [0.5, 0.6) is 0 Å². The Bertz CT molecular complexity index is 911. The highest BCUT2D eigenvalue weighted by molar-refractivity contribution is 7.09. The molecule has 1 aliphatic heterocycles. The highest BCUT2D eigenvalue weighted by atomic mass is 32.1. The van der Waals surface area contributed by atoms with Crippen molar-refractivity contribution in [1.82, 2.24) is 19.9 Å². The molecule has 8 heteroatoms. The number of aromatic nitrogens is 3. The van der Waals surface area contributed by atoms with E-state index in [1.807, 2.05) is 17.2 Å². The summed E-state index contributed by atoms with van der Waals surface area (Å²) in [6, 6.07) is 2.36. The van der Waals surface area contributed by atoms with Crippen LogP contribution in [0, 0.1) is 18.3 Å². The predicted octanol–water partition coefficient (Wildman–Crippen LogP) is 3.62. The van der Waals surface area contributed by atoms with Gasteiger partial charge in [0.1, 0.15) is 10.9 Å². The Balaban J connectivity index is 1.68. The van der Waals surface area contributed by atoms with Crippen LogP contribution in [-0.2, 0) is 10.2 Å². The van der Waals surface area contributed by atoms with Crippen LogP contribution in [-0.4, -0.2) is 45.4 Å². The number of rotatable bonds is 7. The van der Waals surface area contributed by atoms with E-state index in [-0.39, 0.29) is 11.3 Å². The van der Waals surface area contributed by atoms with Crippen molar-refractivity contribution in [1.29, 1.82) is 5.26 Å². The molecule has 1 atom stereocenters. The Labute approximate surface area is 176 Å². The molecule has 1 N–H and O–H groups in total. The van der Waals surface area contributed by atoms with Gasteiger partial charge >= 0.3 is 0 Å². The summed E-state index contributed by atoms with van der Waals surface area (Å²) in [6.45, 7) is 10.5. The van der Waals surface area contributed by atoms with Gasteiger partial charge in [0.2, 0.25) is 11.9 Å². The molecule has 2 aromatic rings. The number of nitrogens with zero attached hydrogens (tertiary/aromatic N) is 5. The summed E-state index contributed by atoms with van der Waals surface area (Å²) in [5, 5.41) is 15.8. The zero-order chi connectivity index (χ0) is 21.0. The number of likely N-dealkylation sites (tertiary alicyclic amines) is 1. The minimum atomic E-state index is -0.512. The number of hydrogen-bond acceptors (Lipinski definition) is 7. The first-order chi connectivity index (χ1) is 13.8. The van der Waals surface area contributed by atoms with E-state index in [1.54, 1.807) is 6.20 Å². The zero-order valence-electron chi connectivity index (χ0n) is 17.5. The average molecular weight is 413 g/mol. The molecule has 29 heavy (non-hydrogen) atoms. The third-order valence-corrected chi connectivity index (χ3v) is 5.92. The summed E-state index contributed by atoms with van der Waals surface area (Å²) < 4.78 is 0. The molecule has 7 nitrogen and oxygen atoms in total. The van der Waals surface area contributed by atoms with Crippen molar-refractivity contribution in [3.63, 3.8) is 0 Å². The lowest BCUT2D eigenvalue weighted by molar-refractivity contribution is -0.127. The summed E-state index contributed by atoms with van der Waals surface area (Å²) in [6.07, 6.45) is 4.21. The molecule has 1 fully saturated rings. The zero-order valence-corrected chi connectivity index (χ0v) is 18.3. The predicted molar refractivity (Wildman–Crippen MR) is 114 cm³/mol. The third kappa shape index (κ3) is 5.10. The molecule has 3 rings (SSSR count). The number of nitrogens with one attached hydrogen (secondary N) is 1. The molecule has 1 aliphatic rings. The van der Waals surface area contributed by atoms with Gasteiger partial charge < -0.3 is 10.2 Å². The number of amides is 1. The van der Waals surface area contributed by atoms with Gasteiger partial charge in [0.05, 0.1) is 17.5 Å². The summed E-state index contributed by atoms with van der Waals surface area (Å²) in [5.41, 5.74) is 2.49. The number of thiazole rings is 1. The van der Waals surface area contributed by atoms with Gasteiger partial charge in [0, 0.05) is 43.0 Å². The lowest BCUT2D eigenvalue weighted by Crippen LogP contribution is -2.27. The smallest absolute Gasteiger partial charge is 0.222 e. The molecule has 1 saturated heterocycles. The maximum Gasteiger partial charge on any atom is 0.222 e. The molecule has 0 aromatic carbocycles. The second kappa shape index (κ2) is 8.87. The number of nitriles is 1. The van der Waals surface area contributed by atoms with Crippen LogP contribution in [0.1, 0.15) is 67.9 Å². The molecule has 0 bridgehead atoms. The largest absolute Gasteiger partial charge is 0.354 e. The molecule has 0 aliphatic carbocycles. The van der Waals surface area contributed by atoms with Crippen molar-refractivity contribution in [3.8, 4) is 6.07 Å². The number of anilines is 1. The van der Waals surface area contributed by atoms with Crippen molar-refractivity contribution >= 4 is 23.2 Å².